The highest BCUT2D eigenvalue weighted by molar-refractivity contribution is 9.10. The quantitative estimate of drug-likeness (QED) is 0.752. The van der Waals surface area contributed by atoms with Gasteiger partial charge in [0.25, 0.3) is 5.91 Å². The van der Waals surface area contributed by atoms with Crippen molar-refractivity contribution in [1.82, 2.24) is 15.3 Å². The van der Waals surface area contributed by atoms with E-state index >= 15 is 0 Å². The van der Waals surface area contributed by atoms with E-state index in [-0.39, 0.29) is 5.91 Å². The summed E-state index contributed by atoms with van der Waals surface area (Å²) in [6, 6.07) is 5.21. The number of imidazole rings is 1. The van der Waals surface area contributed by atoms with Crippen LogP contribution >= 0.6 is 15.9 Å². The minimum absolute atomic E-state index is 0.173. The minimum Gasteiger partial charge on any atom is -0.398 e. The maximum atomic E-state index is 11.9. The number of halogens is 1. The van der Waals surface area contributed by atoms with Gasteiger partial charge in [-0.05, 0) is 18.2 Å². The molecule has 0 unspecified atom stereocenters. The normalized spacial score (nSPS) is 10.3. The summed E-state index contributed by atoms with van der Waals surface area (Å²) in [5, 5.41) is 2.82. The Balaban J connectivity index is 1.93. The summed E-state index contributed by atoms with van der Waals surface area (Å²) in [5.74, 6) is -0.173. The Morgan fingerprint density at radius 2 is 2.33 bits per heavy atom. The molecular weight excluding hydrogens is 296 g/mol. The number of amides is 1. The van der Waals surface area contributed by atoms with Gasteiger partial charge >= 0.3 is 0 Å². The Labute approximate surface area is 113 Å². The third kappa shape index (κ3) is 3.10. The number of nitrogens with zero attached hydrogens (tertiary/aromatic N) is 1. The number of hydrogen-bond acceptors (Lipinski definition) is 3. The first-order chi connectivity index (χ1) is 8.66. The number of anilines is 1. The number of aromatic nitrogens is 2. The molecule has 6 heteroatoms. The molecule has 2 aromatic rings. The van der Waals surface area contributed by atoms with Crippen molar-refractivity contribution in [3.63, 3.8) is 0 Å². The van der Waals surface area contributed by atoms with Crippen molar-refractivity contribution < 1.29 is 4.79 Å². The van der Waals surface area contributed by atoms with Gasteiger partial charge in [0.15, 0.2) is 0 Å². The predicted octanol–water partition coefficient (Wildman–Crippen LogP) is 1.73. The van der Waals surface area contributed by atoms with Crippen molar-refractivity contribution in [3.8, 4) is 0 Å². The summed E-state index contributed by atoms with van der Waals surface area (Å²) in [6.07, 6.45) is 4.06. The molecule has 0 atom stereocenters. The van der Waals surface area contributed by atoms with Crippen LogP contribution in [0, 0.1) is 0 Å². The Morgan fingerprint density at radius 1 is 1.50 bits per heavy atom. The number of H-pyrrole nitrogens is 1. The number of benzene rings is 1. The molecule has 0 aliphatic rings. The first kappa shape index (κ1) is 12.6. The number of carbonyl (C=O) groups excluding carboxylic acids is 1. The van der Waals surface area contributed by atoms with Crippen molar-refractivity contribution in [2.45, 2.75) is 6.42 Å². The van der Waals surface area contributed by atoms with Crippen LogP contribution in [0.25, 0.3) is 0 Å². The Morgan fingerprint density at radius 3 is 3.06 bits per heavy atom. The number of nitrogens with one attached hydrogen (secondary N) is 2. The highest BCUT2D eigenvalue weighted by Gasteiger charge is 2.09. The molecule has 1 amide bonds. The lowest BCUT2D eigenvalue weighted by Gasteiger charge is -2.07. The molecule has 2 rings (SSSR count). The molecule has 0 aliphatic carbocycles. The molecule has 1 heterocycles. The van der Waals surface area contributed by atoms with Crippen LogP contribution in [-0.4, -0.2) is 22.4 Å². The average Bonchev–Trinajstić information content (AvgIpc) is 2.85. The summed E-state index contributed by atoms with van der Waals surface area (Å²) in [6.45, 7) is 0.535. The fourth-order valence-electron chi connectivity index (χ4n) is 1.55. The minimum atomic E-state index is -0.173. The van der Waals surface area contributed by atoms with Gasteiger partial charge in [-0.15, -0.1) is 0 Å². The molecule has 1 aromatic heterocycles. The van der Waals surface area contributed by atoms with Crippen LogP contribution in [0.4, 0.5) is 5.69 Å². The number of rotatable bonds is 4. The number of nitrogens with two attached hydrogens (primary N) is 1. The Kier molecular flexibility index (Phi) is 3.99. The zero-order valence-electron chi connectivity index (χ0n) is 9.61. The standard InChI is InChI=1S/C12H13BrN4O/c13-8-1-2-11(14)10(5-8)12(18)16-4-3-9-6-15-7-17-9/h1-2,5-7H,3-4,14H2,(H,15,17)(H,16,18). The molecule has 4 N–H and O–H groups in total. The Bertz CT molecular complexity index is 539. The third-order valence-electron chi connectivity index (χ3n) is 2.49. The van der Waals surface area contributed by atoms with E-state index in [0.29, 0.717) is 24.2 Å². The molecular formula is C12H13BrN4O. The van der Waals surface area contributed by atoms with Gasteiger partial charge in [0.1, 0.15) is 0 Å². The second kappa shape index (κ2) is 5.68. The zero-order chi connectivity index (χ0) is 13.0. The summed E-state index contributed by atoms with van der Waals surface area (Å²) in [4.78, 5) is 18.8. The van der Waals surface area contributed by atoms with E-state index in [9.17, 15) is 4.79 Å². The van der Waals surface area contributed by atoms with Crippen molar-refractivity contribution in [2.75, 3.05) is 12.3 Å². The van der Waals surface area contributed by atoms with Gasteiger partial charge in [-0.3, -0.25) is 4.79 Å². The van der Waals surface area contributed by atoms with Gasteiger partial charge in [-0.2, -0.15) is 0 Å². The maximum absolute atomic E-state index is 11.9. The van der Waals surface area contributed by atoms with Crippen molar-refractivity contribution in [2.24, 2.45) is 0 Å². The summed E-state index contributed by atoms with van der Waals surface area (Å²) in [5.41, 5.74) is 7.69. The van der Waals surface area contributed by atoms with Crippen molar-refractivity contribution >= 4 is 27.5 Å². The summed E-state index contributed by atoms with van der Waals surface area (Å²) < 4.78 is 0.829. The predicted molar refractivity (Wildman–Crippen MR) is 73.2 cm³/mol. The van der Waals surface area contributed by atoms with E-state index in [2.05, 4.69) is 31.2 Å². The number of nitrogen functional groups attached to an aromatic ring is 1. The fraction of sp³-hybridized carbons (Fsp3) is 0.167. The molecule has 0 fully saturated rings. The average molecular weight is 309 g/mol. The monoisotopic (exact) mass is 308 g/mol. The van der Waals surface area contributed by atoms with Crippen LogP contribution < -0.4 is 11.1 Å². The Hall–Kier alpha value is -1.82. The largest absolute Gasteiger partial charge is 0.398 e. The number of aromatic amines is 1. The molecule has 0 saturated carbocycles. The van der Waals surface area contributed by atoms with Crippen LogP contribution in [0.2, 0.25) is 0 Å². The smallest absolute Gasteiger partial charge is 0.253 e. The van der Waals surface area contributed by atoms with E-state index in [1.165, 1.54) is 0 Å². The van der Waals surface area contributed by atoms with Crippen LogP contribution in [0.1, 0.15) is 16.1 Å². The van der Waals surface area contributed by atoms with Gasteiger partial charge in [-0.25, -0.2) is 4.98 Å². The van der Waals surface area contributed by atoms with Crippen molar-refractivity contribution in [1.29, 1.82) is 0 Å². The second-order valence-electron chi connectivity index (χ2n) is 3.81. The fourth-order valence-corrected chi connectivity index (χ4v) is 1.91. The van der Waals surface area contributed by atoms with E-state index in [1.54, 1.807) is 30.7 Å². The van der Waals surface area contributed by atoms with Gasteiger partial charge in [0.05, 0.1) is 11.9 Å². The zero-order valence-corrected chi connectivity index (χ0v) is 11.2. The van der Waals surface area contributed by atoms with Crippen LogP contribution in [0.5, 0.6) is 0 Å². The van der Waals surface area contributed by atoms with Crippen molar-refractivity contribution in [3.05, 3.63) is 46.5 Å². The molecule has 0 bridgehead atoms. The van der Waals surface area contributed by atoms with Gasteiger partial charge in [0.2, 0.25) is 0 Å². The molecule has 18 heavy (non-hydrogen) atoms. The molecule has 0 saturated heterocycles. The van der Waals surface area contributed by atoms with Crippen LogP contribution in [0.3, 0.4) is 0 Å². The second-order valence-corrected chi connectivity index (χ2v) is 4.73. The first-order valence-corrected chi connectivity index (χ1v) is 6.26. The van der Waals surface area contributed by atoms with E-state index in [4.69, 9.17) is 5.73 Å². The van der Waals surface area contributed by atoms with Gasteiger partial charge < -0.3 is 16.0 Å². The lowest BCUT2D eigenvalue weighted by molar-refractivity contribution is 0.0955. The van der Waals surface area contributed by atoms with E-state index < -0.39 is 0 Å². The van der Waals surface area contributed by atoms with Gasteiger partial charge in [-0.1, -0.05) is 15.9 Å². The SMILES string of the molecule is Nc1ccc(Br)cc1C(=O)NCCc1cnc[nH]1. The van der Waals surface area contributed by atoms with E-state index in [1.807, 2.05) is 0 Å². The molecule has 5 nitrogen and oxygen atoms in total. The van der Waals surface area contributed by atoms with Gasteiger partial charge in [0, 0.05) is 35.0 Å². The topological polar surface area (TPSA) is 83.8 Å². The first-order valence-electron chi connectivity index (χ1n) is 5.47. The highest BCUT2D eigenvalue weighted by Crippen LogP contribution is 2.18. The molecule has 94 valence electrons. The highest BCUT2D eigenvalue weighted by atomic mass is 79.9. The molecule has 0 aliphatic heterocycles. The molecule has 1 aromatic carbocycles. The number of carbonyl (C=O) groups is 1. The maximum Gasteiger partial charge on any atom is 0.253 e. The lowest BCUT2D eigenvalue weighted by Crippen LogP contribution is -2.26. The molecule has 0 radical (unpaired) electrons. The third-order valence-corrected chi connectivity index (χ3v) is 2.99. The van der Waals surface area contributed by atoms with E-state index in [0.717, 1.165) is 10.2 Å². The lowest BCUT2D eigenvalue weighted by atomic mass is 10.1. The number of hydrogen-bond donors (Lipinski definition) is 3. The summed E-state index contributed by atoms with van der Waals surface area (Å²) in [7, 11) is 0. The van der Waals surface area contributed by atoms with Crippen LogP contribution in [-0.2, 0) is 6.42 Å². The molecule has 0 spiro atoms. The summed E-state index contributed by atoms with van der Waals surface area (Å²) >= 11 is 3.32. The van der Waals surface area contributed by atoms with Crippen LogP contribution in [0.15, 0.2) is 35.2 Å².